The van der Waals surface area contributed by atoms with Crippen LogP contribution in [0.2, 0.25) is 0 Å². The van der Waals surface area contributed by atoms with E-state index in [2.05, 4.69) is 0 Å². The first-order valence-corrected chi connectivity index (χ1v) is 1.89. The van der Waals surface area contributed by atoms with Crippen LogP contribution in [0.4, 0.5) is 4.70 Å². The standard InChI is InChI=1S/C3H7NO2.FH/c1-2-3-4(5)6;/h2-3H2,1H3;1H. The van der Waals surface area contributed by atoms with Gasteiger partial charge in [0.05, 0.1) is 0 Å². The molecule has 3 nitrogen and oxygen atoms in total. The van der Waals surface area contributed by atoms with Gasteiger partial charge in [-0.3, -0.25) is 14.8 Å². The van der Waals surface area contributed by atoms with Crippen molar-refractivity contribution >= 4 is 0 Å². The highest BCUT2D eigenvalue weighted by molar-refractivity contribution is 4.18. The number of hydrogen-bond donors (Lipinski definition) is 0. The highest BCUT2D eigenvalue weighted by Crippen LogP contribution is 1.72. The number of nitro groups is 1. The van der Waals surface area contributed by atoms with Crippen molar-refractivity contribution in [1.82, 2.24) is 0 Å². The summed E-state index contributed by atoms with van der Waals surface area (Å²) in [4.78, 5) is 9.09. The van der Waals surface area contributed by atoms with E-state index in [0.717, 1.165) is 0 Å². The fourth-order valence-electron chi connectivity index (χ4n) is 0.183. The Kier molecular flexibility index (Phi) is 7.30. The molecule has 0 saturated heterocycles. The van der Waals surface area contributed by atoms with Crippen LogP contribution in [-0.4, -0.2) is 11.5 Å². The lowest BCUT2D eigenvalue weighted by Gasteiger charge is -1.80. The van der Waals surface area contributed by atoms with Crippen molar-refractivity contribution in [3.05, 3.63) is 10.1 Å². The van der Waals surface area contributed by atoms with E-state index in [4.69, 9.17) is 0 Å². The molecule has 0 fully saturated rings. The summed E-state index contributed by atoms with van der Waals surface area (Å²) < 4.78 is 0. The monoisotopic (exact) mass is 109 g/mol. The van der Waals surface area contributed by atoms with Gasteiger partial charge in [0.2, 0.25) is 6.54 Å². The van der Waals surface area contributed by atoms with Crippen molar-refractivity contribution in [3.63, 3.8) is 0 Å². The molecule has 4 heteroatoms. The predicted octanol–water partition coefficient (Wildman–Crippen LogP) is 0.826. The second-order valence-corrected chi connectivity index (χ2v) is 1.06. The van der Waals surface area contributed by atoms with Gasteiger partial charge in [-0.1, -0.05) is 6.92 Å². The van der Waals surface area contributed by atoms with Gasteiger partial charge in [0.1, 0.15) is 0 Å². The molecule has 7 heavy (non-hydrogen) atoms. The Morgan fingerprint density at radius 2 is 2.14 bits per heavy atom. The number of hydrogen-bond acceptors (Lipinski definition) is 2. The van der Waals surface area contributed by atoms with E-state index in [-0.39, 0.29) is 16.2 Å². The summed E-state index contributed by atoms with van der Waals surface area (Å²) in [6.07, 6.45) is 0.632. The lowest BCUT2D eigenvalue weighted by molar-refractivity contribution is -0.479. The Morgan fingerprint density at radius 1 is 1.71 bits per heavy atom. The molecule has 0 aliphatic rings. The third-order valence-corrected chi connectivity index (χ3v) is 0.406. The topological polar surface area (TPSA) is 43.1 Å². The van der Waals surface area contributed by atoms with E-state index >= 15 is 0 Å². The van der Waals surface area contributed by atoms with Gasteiger partial charge in [-0.2, -0.15) is 0 Å². The van der Waals surface area contributed by atoms with Gasteiger partial charge in [0, 0.05) is 11.3 Å². The summed E-state index contributed by atoms with van der Waals surface area (Å²) in [5.41, 5.74) is 0. The largest absolute Gasteiger partial charge is 0.269 e. The molecule has 0 aliphatic heterocycles. The van der Waals surface area contributed by atoms with Gasteiger partial charge < -0.3 is 0 Å². The molecular weight excluding hydrogens is 101 g/mol. The third-order valence-electron chi connectivity index (χ3n) is 0.406. The maximum Gasteiger partial charge on any atom is 0.203 e. The zero-order valence-corrected chi connectivity index (χ0v) is 4.09. The van der Waals surface area contributed by atoms with E-state index in [9.17, 15) is 10.1 Å². The molecule has 0 unspecified atom stereocenters. The van der Waals surface area contributed by atoms with E-state index in [1.165, 1.54) is 0 Å². The lowest BCUT2D eigenvalue weighted by atomic mass is 10.5. The predicted molar refractivity (Wildman–Crippen MR) is 24.7 cm³/mol. The van der Waals surface area contributed by atoms with Crippen LogP contribution in [-0.2, 0) is 0 Å². The fourth-order valence-corrected chi connectivity index (χ4v) is 0.183. The molecule has 0 spiro atoms. The number of halogens is 1. The van der Waals surface area contributed by atoms with Crippen molar-refractivity contribution < 1.29 is 9.63 Å². The Hall–Kier alpha value is -0.670. The van der Waals surface area contributed by atoms with Crippen molar-refractivity contribution in [2.75, 3.05) is 6.54 Å². The molecule has 0 atom stereocenters. The Morgan fingerprint density at radius 3 is 2.14 bits per heavy atom. The van der Waals surface area contributed by atoms with Gasteiger partial charge in [0.25, 0.3) is 0 Å². The molecule has 0 radical (unpaired) electrons. The average molecular weight is 109 g/mol. The van der Waals surface area contributed by atoms with Crippen LogP contribution < -0.4 is 0 Å². The molecule has 0 saturated carbocycles. The molecule has 0 aliphatic carbocycles. The van der Waals surface area contributed by atoms with Crippen molar-refractivity contribution in [1.29, 1.82) is 0 Å². The Labute approximate surface area is 40.9 Å². The molecule has 0 rings (SSSR count). The number of nitrogens with zero attached hydrogens (tertiary/aromatic N) is 1. The second kappa shape index (κ2) is 5.33. The summed E-state index contributed by atoms with van der Waals surface area (Å²) >= 11 is 0. The molecular formula is C3H8FNO2. The van der Waals surface area contributed by atoms with E-state index in [1.807, 2.05) is 0 Å². The maximum atomic E-state index is 9.40. The number of rotatable bonds is 2. The fraction of sp³-hybridized carbons (Fsp3) is 1.00. The molecule has 0 heterocycles. The smallest absolute Gasteiger partial charge is 0.203 e. The van der Waals surface area contributed by atoms with Gasteiger partial charge >= 0.3 is 0 Å². The normalized spacial score (nSPS) is 7.00. The third kappa shape index (κ3) is 10.9. The van der Waals surface area contributed by atoms with Crippen LogP contribution in [0.3, 0.4) is 0 Å². The van der Waals surface area contributed by atoms with Crippen LogP contribution >= 0.6 is 0 Å². The van der Waals surface area contributed by atoms with Crippen LogP contribution in [0, 0.1) is 10.1 Å². The zero-order valence-electron chi connectivity index (χ0n) is 4.09. The second-order valence-electron chi connectivity index (χ2n) is 1.06. The zero-order chi connectivity index (χ0) is 4.99. The van der Waals surface area contributed by atoms with Crippen molar-refractivity contribution in [2.24, 2.45) is 0 Å². The summed E-state index contributed by atoms with van der Waals surface area (Å²) in [6, 6.07) is 0. The average Bonchev–Trinajstić information content (AvgIpc) is 1.35. The molecule has 0 aromatic rings. The van der Waals surface area contributed by atoms with Crippen molar-refractivity contribution in [3.8, 4) is 0 Å². The van der Waals surface area contributed by atoms with Gasteiger partial charge in [0.15, 0.2) is 0 Å². The lowest BCUT2D eigenvalue weighted by Crippen LogP contribution is -1.96. The van der Waals surface area contributed by atoms with Crippen LogP contribution in [0.15, 0.2) is 0 Å². The summed E-state index contributed by atoms with van der Waals surface area (Å²) in [6.45, 7) is 1.88. The van der Waals surface area contributed by atoms with Crippen LogP contribution in [0.25, 0.3) is 0 Å². The molecule has 0 amide bonds. The first-order chi connectivity index (χ1) is 2.77. The Bertz CT molecular complexity index is 56.9. The summed E-state index contributed by atoms with van der Waals surface area (Å²) in [7, 11) is 0. The minimum absolute atomic E-state index is 0. The summed E-state index contributed by atoms with van der Waals surface area (Å²) in [5, 5.41) is 9.40. The van der Waals surface area contributed by atoms with E-state index < -0.39 is 0 Å². The van der Waals surface area contributed by atoms with Crippen molar-refractivity contribution in [2.45, 2.75) is 13.3 Å². The minimum atomic E-state index is -0.319. The van der Waals surface area contributed by atoms with Gasteiger partial charge in [-0.15, -0.1) is 0 Å². The first kappa shape index (κ1) is 9.59. The molecule has 0 N–H and O–H groups in total. The minimum Gasteiger partial charge on any atom is -0.269 e. The van der Waals surface area contributed by atoms with Gasteiger partial charge in [-0.05, 0) is 0 Å². The van der Waals surface area contributed by atoms with Gasteiger partial charge in [-0.25, -0.2) is 0 Å². The highest BCUT2D eigenvalue weighted by Gasteiger charge is 1.85. The summed E-state index contributed by atoms with van der Waals surface area (Å²) in [5.74, 6) is 0. The van der Waals surface area contributed by atoms with Crippen LogP contribution in [0.5, 0.6) is 0 Å². The molecule has 0 bridgehead atoms. The quantitative estimate of drug-likeness (QED) is 0.389. The van der Waals surface area contributed by atoms with E-state index in [0.29, 0.717) is 6.42 Å². The molecule has 44 valence electrons. The highest BCUT2D eigenvalue weighted by atomic mass is 19.0. The SMILES string of the molecule is CCC[N+](=O)[O-].F. The van der Waals surface area contributed by atoms with Crippen LogP contribution in [0.1, 0.15) is 13.3 Å². The van der Waals surface area contributed by atoms with E-state index in [1.54, 1.807) is 6.92 Å². The molecule has 0 aromatic heterocycles. The Balaban J connectivity index is 0. The first-order valence-electron chi connectivity index (χ1n) is 1.89. The maximum absolute atomic E-state index is 9.40. The molecule has 0 aromatic carbocycles.